The highest BCUT2D eigenvalue weighted by Gasteiger charge is 2.39. The Labute approximate surface area is 102 Å². The van der Waals surface area contributed by atoms with Crippen molar-refractivity contribution in [2.24, 2.45) is 5.92 Å². The van der Waals surface area contributed by atoms with Crippen molar-refractivity contribution in [3.05, 3.63) is 11.5 Å². The molecule has 0 bridgehead atoms. The fourth-order valence-electron chi connectivity index (χ4n) is 2.62. The Bertz CT molecular complexity index is 359. The largest absolute Gasteiger partial charge is 0.492 e. The van der Waals surface area contributed by atoms with E-state index >= 15 is 0 Å². The lowest BCUT2D eigenvalue weighted by molar-refractivity contribution is -0.0833. The van der Waals surface area contributed by atoms with Gasteiger partial charge in [0.2, 0.25) is 5.88 Å². The summed E-state index contributed by atoms with van der Waals surface area (Å²) in [6, 6.07) is 0. The topological polar surface area (TPSA) is 58.1 Å². The predicted molar refractivity (Wildman–Crippen MR) is 65.9 cm³/mol. The maximum atomic E-state index is 9.61. The van der Waals surface area contributed by atoms with E-state index in [0.29, 0.717) is 6.61 Å². The molecule has 1 aromatic rings. The number of ether oxygens (including phenoxy) is 1. The first-order valence-electron chi connectivity index (χ1n) is 6.47. The van der Waals surface area contributed by atoms with Crippen LogP contribution in [0.15, 0.2) is 0 Å². The summed E-state index contributed by atoms with van der Waals surface area (Å²) < 4.78 is 5.97. The van der Waals surface area contributed by atoms with Crippen molar-refractivity contribution in [2.45, 2.75) is 52.1 Å². The molecule has 17 heavy (non-hydrogen) atoms. The van der Waals surface area contributed by atoms with E-state index in [0.717, 1.165) is 43.1 Å². The monoisotopic (exact) mass is 238 g/mol. The standard InChI is InChI=1S/C13H22N2O2/c1-4-17-13(7-5-9(2)6-8-13)12-14-10(3)11(16)15-12/h9,16H,4-8H2,1-3H3,(H,14,15). The van der Waals surface area contributed by atoms with Crippen molar-refractivity contribution in [1.29, 1.82) is 0 Å². The van der Waals surface area contributed by atoms with Gasteiger partial charge in [-0.15, -0.1) is 0 Å². The highest BCUT2D eigenvalue weighted by molar-refractivity contribution is 5.21. The molecule has 1 aliphatic rings. The molecule has 96 valence electrons. The fraction of sp³-hybridized carbons (Fsp3) is 0.769. The molecule has 0 spiro atoms. The summed E-state index contributed by atoms with van der Waals surface area (Å²) >= 11 is 0. The normalized spacial score (nSPS) is 29.5. The van der Waals surface area contributed by atoms with E-state index in [4.69, 9.17) is 4.74 Å². The van der Waals surface area contributed by atoms with E-state index in [2.05, 4.69) is 16.9 Å². The van der Waals surface area contributed by atoms with Gasteiger partial charge in [0.1, 0.15) is 11.4 Å². The van der Waals surface area contributed by atoms with Crippen LogP contribution < -0.4 is 0 Å². The van der Waals surface area contributed by atoms with Gasteiger partial charge in [0, 0.05) is 6.61 Å². The Morgan fingerprint density at radius 3 is 2.59 bits per heavy atom. The van der Waals surface area contributed by atoms with Crippen molar-refractivity contribution in [2.75, 3.05) is 6.61 Å². The van der Waals surface area contributed by atoms with E-state index in [1.165, 1.54) is 0 Å². The van der Waals surface area contributed by atoms with Crippen molar-refractivity contribution in [3.63, 3.8) is 0 Å². The Balaban J connectivity index is 2.27. The van der Waals surface area contributed by atoms with Crippen LogP contribution in [-0.2, 0) is 10.3 Å². The summed E-state index contributed by atoms with van der Waals surface area (Å²) in [5.74, 6) is 1.65. The third-order valence-corrected chi connectivity index (χ3v) is 3.79. The third kappa shape index (κ3) is 2.32. The maximum Gasteiger partial charge on any atom is 0.232 e. The fourth-order valence-corrected chi connectivity index (χ4v) is 2.62. The number of hydrogen-bond donors (Lipinski definition) is 2. The molecule has 1 aliphatic carbocycles. The Morgan fingerprint density at radius 1 is 1.47 bits per heavy atom. The number of imidazole rings is 1. The Morgan fingerprint density at radius 2 is 2.12 bits per heavy atom. The predicted octanol–water partition coefficient (Wildman–Crippen LogP) is 2.87. The van der Waals surface area contributed by atoms with Crippen molar-refractivity contribution < 1.29 is 9.84 Å². The molecule has 4 nitrogen and oxygen atoms in total. The molecule has 0 amide bonds. The van der Waals surface area contributed by atoms with Crippen LogP contribution in [0.3, 0.4) is 0 Å². The molecule has 0 atom stereocenters. The van der Waals surface area contributed by atoms with Gasteiger partial charge in [-0.2, -0.15) is 4.98 Å². The molecule has 1 heterocycles. The number of hydrogen-bond acceptors (Lipinski definition) is 3. The molecule has 0 saturated heterocycles. The lowest BCUT2D eigenvalue weighted by atomic mass is 9.79. The summed E-state index contributed by atoms with van der Waals surface area (Å²) in [5.41, 5.74) is 0.408. The smallest absolute Gasteiger partial charge is 0.232 e. The number of aromatic hydroxyl groups is 1. The van der Waals surface area contributed by atoms with Crippen LogP contribution in [0.4, 0.5) is 0 Å². The molecule has 1 saturated carbocycles. The average Bonchev–Trinajstić information content (AvgIpc) is 2.64. The van der Waals surface area contributed by atoms with Crippen molar-refractivity contribution >= 4 is 0 Å². The first-order valence-corrected chi connectivity index (χ1v) is 6.47. The van der Waals surface area contributed by atoms with Crippen LogP contribution in [0.5, 0.6) is 5.88 Å². The van der Waals surface area contributed by atoms with Crippen LogP contribution in [0.25, 0.3) is 0 Å². The zero-order valence-corrected chi connectivity index (χ0v) is 10.9. The number of nitrogens with zero attached hydrogens (tertiary/aromatic N) is 1. The number of aromatic nitrogens is 2. The van der Waals surface area contributed by atoms with E-state index in [1.54, 1.807) is 0 Å². The van der Waals surface area contributed by atoms with E-state index in [9.17, 15) is 5.11 Å². The SMILES string of the molecule is CCOC1(c2nc(O)c(C)[nH]2)CCC(C)CC1. The summed E-state index contributed by atoms with van der Waals surface area (Å²) in [4.78, 5) is 7.39. The number of H-pyrrole nitrogens is 1. The number of rotatable bonds is 3. The number of aromatic amines is 1. The van der Waals surface area contributed by atoms with Gasteiger partial charge in [0.05, 0.1) is 5.69 Å². The van der Waals surface area contributed by atoms with Gasteiger partial charge in [-0.05, 0) is 45.4 Å². The second-order valence-corrected chi connectivity index (χ2v) is 5.14. The Hall–Kier alpha value is -1.03. The van der Waals surface area contributed by atoms with Gasteiger partial charge in [0.25, 0.3) is 0 Å². The molecule has 1 fully saturated rings. The molecular formula is C13H22N2O2. The molecule has 0 unspecified atom stereocenters. The van der Waals surface area contributed by atoms with Crippen LogP contribution in [0.2, 0.25) is 0 Å². The second-order valence-electron chi connectivity index (χ2n) is 5.14. The quantitative estimate of drug-likeness (QED) is 0.851. The summed E-state index contributed by atoms with van der Waals surface area (Å²) in [6.07, 6.45) is 4.27. The molecule has 1 aromatic heterocycles. The minimum absolute atomic E-state index is 0.0951. The molecule has 0 radical (unpaired) electrons. The van der Waals surface area contributed by atoms with Crippen LogP contribution >= 0.6 is 0 Å². The number of aryl methyl sites for hydroxylation is 1. The molecule has 4 heteroatoms. The summed E-state index contributed by atoms with van der Waals surface area (Å²) in [6.45, 7) is 6.79. The zero-order valence-electron chi connectivity index (χ0n) is 10.9. The highest BCUT2D eigenvalue weighted by Crippen LogP contribution is 2.41. The second kappa shape index (κ2) is 4.69. The van der Waals surface area contributed by atoms with Gasteiger partial charge in [-0.1, -0.05) is 6.92 Å². The first-order chi connectivity index (χ1) is 8.07. The molecule has 2 rings (SSSR count). The molecular weight excluding hydrogens is 216 g/mol. The average molecular weight is 238 g/mol. The van der Waals surface area contributed by atoms with E-state index in [-0.39, 0.29) is 11.5 Å². The maximum absolute atomic E-state index is 9.61. The molecule has 2 N–H and O–H groups in total. The van der Waals surface area contributed by atoms with Gasteiger partial charge in [-0.3, -0.25) is 0 Å². The van der Waals surface area contributed by atoms with Crippen LogP contribution in [0, 0.1) is 12.8 Å². The zero-order chi connectivity index (χ0) is 12.5. The lowest BCUT2D eigenvalue weighted by Gasteiger charge is -2.37. The van der Waals surface area contributed by atoms with Crippen LogP contribution in [-0.4, -0.2) is 21.7 Å². The van der Waals surface area contributed by atoms with Gasteiger partial charge in [0.15, 0.2) is 0 Å². The Kier molecular flexibility index (Phi) is 3.43. The van der Waals surface area contributed by atoms with Crippen LogP contribution in [0.1, 0.15) is 51.0 Å². The summed E-state index contributed by atoms with van der Waals surface area (Å²) in [7, 11) is 0. The van der Waals surface area contributed by atoms with E-state index in [1.807, 2.05) is 13.8 Å². The van der Waals surface area contributed by atoms with Crippen molar-refractivity contribution in [3.8, 4) is 5.88 Å². The highest BCUT2D eigenvalue weighted by atomic mass is 16.5. The molecule has 0 aliphatic heterocycles. The van der Waals surface area contributed by atoms with Gasteiger partial charge < -0.3 is 14.8 Å². The van der Waals surface area contributed by atoms with Gasteiger partial charge >= 0.3 is 0 Å². The molecule has 0 aromatic carbocycles. The van der Waals surface area contributed by atoms with Gasteiger partial charge in [-0.25, -0.2) is 0 Å². The minimum atomic E-state index is -0.312. The van der Waals surface area contributed by atoms with Crippen molar-refractivity contribution in [1.82, 2.24) is 9.97 Å². The third-order valence-electron chi connectivity index (χ3n) is 3.79. The van der Waals surface area contributed by atoms with E-state index < -0.39 is 0 Å². The number of nitrogens with one attached hydrogen (secondary N) is 1. The first kappa shape index (κ1) is 12.4. The minimum Gasteiger partial charge on any atom is -0.492 e. The summed E-state index contributed by atoms with van der Waals surface area (Å²) in [5, 5.41) is 9.61. The lowest BCUT2D eigenvalue weighted by Crippen LogP contribution is -2.35.